The van der Waals surface area contributed by atoms with Crippen molar-refractivity contribution < 1.29 is 76.1 Å². The van der Waals surface area contributed by atoms with E-state index >= 15 is 0 Å². The first-order chi connectivity index (χ1) is 17.1. The third kappa shape index (κ3) is 6.40. The third-order valence-corrected chi connectivity index (χ3v) is 4.41. The van der Waals surface area contributed by atoms with Gasteiger partial charge in [-0.3, -0.25) is 4.79 Å². The molecule has 0 aliphatic rings. The fourth-order valence-corrected chi connectivity index (χ4v) is 2.60. The van der Waals surface area contributed by atoms with Gasteiger partial charge in [0.2, 0.25) is 0 Å². The van der Waals surface area contributed by atoms with Crippen molar-refractivity contribution in [1.29, 1.82) is 0 Å². The van der Waals surface area contributed by atoms with E-state index in [2.05, 4.69) is 0 Å². The van der Waals surface area contributed by atoms with E-state index in [1.54, 1.807) is 4.74 Å². The standard InChI is InChI=1S/C20H12F13NO4/c1-36-13-7-2-4-10(8-13)14(35)34-12-6-3-5-11(9-12)15(21,22)17(25,26)37-18(27,28)16(23,24)19(29,30)38-20(31,32)33/h2-9H,1H3,(H,34,35). The van der Waals surface area contributed by atoms with Gasteiger partial charge in [-0.25, -0.2) is 9.47 Å². The van der Waals surface area contributed by atoms with Crippen molar-refractivity contribution >= 4 is 11.6 Å². The number of carbonyl (C=O) groups is 1. The molecule has 0 fully saturated rings. The van der Waals surface area contributed by atoms with E-state index < -0.39 is 53.7 Å². The number of hydrogen-bond donors (Lipinski definition) is 1. The van der Waals surface area contributed by atoms with Crippen LogP contribution in [0.25, 0.3) is 0 Å². The smallest absolute Gasteiger partial charge is 0.497 e. The quantitative estimate of drug-likeness (QED) is 0.309. The molecule has 18 heteroatoms. The zero-order valence-electron chi connectivity index (χ0n) is 18.2. The van der Waals surface area contributed by atoms with Crippen molar-refractivity contribution in [3.05, 3.63) is 59.7 Å². The van der Waals surface area contributed by atoms with Crippen molar-refractivity contribution in [2.75, 3.05) is 12.4 Å². The van der Waals surface area contributed by atoms with Crippen LogP contribution in [0.15, 0.2) is 48.5 Å². The van der Waals surface area contributed by atoms with Crippen molar-refractivity contribution in [3.8, 4) is 5.75 Å². The lowest BCUT2D eigenvalue weighted by atomic mass is 10.1. The van der Waals surface area contributed by atoms with Gasteiger partial charge in [0, 0.05) is 16.8 Å². The Hall–Kier alpha value is -3.28. The van der Waals surface area contributed by atoms with Crippen LogP contribution in [0.1, 0.15) is 15.9 Å². The second-order valence-corrected chi connectivity index (χ2v) is 7.12. The Kier molecular flexibility index (Phi) is 8.24. The SMILES string of the molecule is COc1cccc(C(=O)Nc2cccc(C(F)(F)C(F)(F)OC(F)(F)C(F)(F)C(F)(F)OC(F)(F)F)c2)c1. The summed E-state index contributed by atoms with van der Waals surface area (Å²) in [5.74, 6) is -14.4. The van der Waals surface area contributed by atoms with Crippen LogP contribution in [0.4, 0.5) is 62.8 Å². The molecular formula is C20H12F13NO4. The number of alkyl halides is 13. The summed E-state index contributed by atoms with van der Waals surface area (Å²) in [4.78, 5) is 12.3. The summed E-state index contributed by atoms with van der Waals surface area (Å²) in [5, 5.41) is 1.98. The monoisotopic (exact) mass is 577 g/mol. The van der Waals surface area contributed by atoms with Gasteiger partial charge in [0.25, 0.3) is 5.91 Å². The van der Waals surface area contributed by atoms with Crippen LogP contribution in [-0.4, -0.2) is 43.6 Å². The minimum absolute atomic E-state index is 0.0764. The number of rotatable bonds is 10. The number of carbonyl (C=O) groups excluding carboxylic acids is 1. The van der Waals surface area contributed by atoms with E-state index in [1.807, 2.05) is 10.1 Å². The highest BCUT2D eigenvalue weighted by Gasteiger charge is 2.80. The fourth-order valence-electron chi connectivity index (χ4n) is 2.60. The third-order valence-electron chi connectivity index (χ3n) is 4.41. The average molecular weight is 577 g/mol. The molecule has 1 N–H and O–H groups in total. The molecular weight excluding hydrogens is 565 g/mol. The number of amides is 1. The van der Waals surface area contributed by atoms with Gasteiger partial charge in [-0.05, 0) is 30.3 Å². The van der Waals surface area contributed by atoms with E-state index in [1.165, 1.54) is 31.4 Å². The molecule has 5 nitrogen and oxygen atoms in total. The summed E-state index contributed by atoms with van der Waals surface area (Å²) in [5.41, 5.74) is -2.74. The molecule has 0 heterocycles. The van der Waals surface area contributed by atoms with Crippen LogP contribution in [0, 0.1) is 0 Å². The summed E-state index contributed by atoms with van der Waals surface area (Å²) >= 11 is 0. The highest BCUT2D eigenvalue weighted by Crippen LogP contribution is 2.54. The maximum Gasteiger partial charge on any atom is 0.527 e. The van der Waals surface area contributed by atoms with Crippen LogP contribution in [-0.2, 0) is 15.4 Å². The fraction of sp³-hybridized carbons (Fsp3) is 0.350. The number of nitrogens with one attached hydrogen (secondary N) is 1. The summed E-state index contributed by atoms with van der Waals surface area (Å²) in [6.07, 6.45) is -28.0. The molecule has 212 valence electrons. The second-order valence-electron chi connectivity index (χ2n) is 7.12. The number of benzene rings is 2. The van der Waals surface area contributed by atoms with Gasteiger partial charge in [0.1, 0.15) is 5.75 Å². The van der Waals surface area contributed by atoms with Crippen molar-refractivity contribution in [2.24, 2.45) is 0 Å². The molecule has 2 aromatic carbocycles. The minimum atomic E-state index is -7.53. The van der Waals surface area contributed by atoms with E-state index in [0.717, 1.165) is 6.07 Å². The largest absolute Gasteiger partial charge is 0.527 e. The maximum absolute atomic E-state index is 14.4. The molecule has 0 radical (unpaired) electrons. The van der Waals surface area contributed by atoms with E-state index in [9.17, 15) is 61.9 Å². The lowest BCUT2D eigenvalue weighted by Crippen LogP contribution is -2.61. The van der Waals surface area contributed by atoms with Crippen LogP contribution < -0.4 is 10.1 Å². The Morgan fingerprint density at radius 1 is 0.711 bits per heavy atom. The molecule has 0 unspecified atom stereocenters. The van der Waals surface area contributed by atoms with Gasteiger partial charge >= 0.3 is 36.5 Å². The predicted molar refractivity (Wildman–Crippen MR) is 99.3 cm³/mol. The zero-order chi connectivity index (χ0) is 29.4. The van der Waals surface area contributed by atoms with Gasteiger partial charge in [-0.1, -0.05) is 18.2 Å². The van der Waals surface area contributed by atoms with Gasteiger partial charge in [0.15, 0.2) is 0 Å². The molecule has 0 saturated carbocycles. The van der Waals surface area contributed by atoms with Gasteiger partial charge in [0.05, 0.1) is 7.11 Å². The summed E-state index contributed by atoms with van der Waals surface area (Å²) in [7, 11) is 1.24. The number of anilines is 1. The van der Waals surface area contributed by atoms with E-state index in [-0.39, 0.29) is 23.4 Å². The first-order valence-corrected chi connectivity index (χ1v) is 9.48. The number of halogens is 13. The molecule has 0 atom stereocenters. The number of ether oxygens (including phenoxy) is 3. The Morgan fingerprint density at radius 2 is 1.26 bits per heavy atom. The molecule has 2 rings (SSSR count). The van der Waals surface area contributed by atoms with Gasteiger partial charge in [-0.15, -0.1) is 13.2 Å². The predicted octanol–water partition coefficient (Wildman–Crippen LogP) is 7.01. The molecule has 1 amide bonds. The first kappa shape index (κ1) is 30.9. The maximum atomic E-state index is 14.4. The molecule has 0 aliphatic carbocycles. The minimum Gasteiger partial charge on any atom is -0.497 e. The summed E-state index contributed by atoms with van der Waals surface area (Å²) < 4.78 is 181. The number of hydrogen-bond acceptors (Lipinski definition) is 4. The summed E-state index contributed by atoms with van der Waals surface area (Å²) in [6.45, 7) is 0. The molecule has 0 bridgehead atoms. The molecule has 2 aromatic rings. The molecule has 0 saturated heterocycles. The first-order valence-electron chi connectivity index (χ1n) is 9.48. The Labute approximate surface area is 203 Å². The Morgan fingerprint density at radius 3 is 1.82 bits per heavy atom. The van der Waals surface area contributed by atoms with Crippen molar-refractivity contribution in [3.63, 3.8) is 0 Å². The topological polar surface area (TPSA) is 56.8 Å². The molecule has 38 heavy (non-hydrogen) atoms. The van der Waals surface area contributed by atoms with Crippen LogP contribution in [0.5, 0.6) is 5.75 Å². The molecule has 0 aromatic heterocycles. The van der Waals surface area contributed by atoms with Crippen LogP contribution in [0.2, 0.25) is 0 Å². The average Bonchev–Trinajstić information content (AvgIpc) is 2.76. The van der Waals surface area contributed by atoms with Crippen LogP contribution >= 0.6 is 0 Å². The van der Waals surface area contributed by atoms with E-state index in [4.69, 9.17) is 4.74 Å². The number of methoxy groups -OCH3 is 1. The summed E-state index contributed by atoms with van der Waals surface area (Å²) in [6, 6.07) is 6.81. The van der Waals surface area contributed by atoms with E-state index in [0.29, 0.717) is 6.07 Å². The zero-order valence-corrected chi connectivity index (χ0v) is 18.2. The molecule has 0 spiro atoms. The highest BCUT2D eigenvalue weighted by molar-refractivity contribution is 6.04. The van der Waals surface area contributed by atoms with Crippen molar-refractivity contribution in [1.82, 2.24) is 0 Å². The normalized spacial score (nSPS) is 13.8. The molecule has 0 aliphatic heterocycles. The van der Waals surface area contributed by atoms with Gasteiger partial charge < -0.3 is 10.1 Å². The Bertz CT molecular complexity index is 1150. The van der Waals surface area contributed by atoms with Crippen LogP contribution in [0.3, 0.4) is 0 Å². The second kappa shape index (κ2) is 10.1. The van der Waals surface area contributed by atoms with Crippen molar-refractivity contribution in [2.45, 2.75) is 36.5 Å². The lowest BCUT2D eigenvalue weighted by molar-refractivity contribution is -0.535. The lowest BCUT2D eigenvalue weighted by Gasteiger charge is -2.35. The Balaban J connectivity index is 2.33. The highest BCUT2D eigenvalue weighted by atomic mass is 19.4. The van der Waals surface area contributed by atoms with Gasteiger partial charge in [-0.2, -0.15) is 43.9 Å².